The highest BCUT2D eigenvalue weighted by molar-refractivity contribution is 9.11. The van der Waals surface area contributed by atoms with Gasteiger partial charge in [0.25, 0.3) is 5.91 Å². The SMILES string of the molecule is CCOc1ccc([C@H]2CCCN2C(=O)c2ccc(Br)s2)cc1. The van der Waals surface area contributed by atoms with Crippen LogP contribution in [-0.4, -0.2) is 24.0 Å². The van der Waals surface area contributed by atoms with Crippen LogP contribution in [0.5, 0.6) is 5.75 Å². The van der Waals surface area contributed by atoms with E-state index >= 15 is 0 Å². The normalized spacial score (nSPS) is 17.7. The highest BCUT2D eigenvalue weighted by Gasteiger charge is 2.31. The molecular weight excluding hydrogens is 362 g/mol. The van der Waals surface area contributed by atoms with Crippen LogP contribution in [0.3, 0.4) is 0 Å². The van der Waals surface area contributed by atoms with Gasteiger partial charge < -0.3 is 9.64 Å². The number of carbonyl (C=O) groups is 1. The van der Waals surface area contributed by atoms with Crippen LogP contribution in [0.4, 0.5) is 0 Å². The molecule has 5 heteroatoms. The van der Waals surface area contributed by atoms with Crippen molar-refractivity contribution in [3.05, 3.63) is 50.6 Å². The maximum Gasteiger partial charge on any atom is 0.264 e. The second kappa shape index (κ2) is 6.84. The smallest absolute Gasteiger partial charge is 0.264 e. The molecule has 0 unspecified atom stereocenters. The molecule has 3 nitrogen and oxygen atoms in total. The summed E-state index contributed by atoms with van der Waals surface area (Å²) in [5.74, 6) is 1.01. The minimum Gasteiger partial charge on any atom is -0.494 e. The van der Waals surface area contributed by atoms with Gasteiger partial charge in [0.15, 0.2) is 0 Å². The summed E-state index contributed by atoms with van der Waals surface area (Å²) < 4.78 is 6.48. The van der Waals surface area contributed by atoms with E-state index in [0.29, 0.717) is 6.61 Å². The summed E-state index contributed by atoms with van der Waals surface area (Å²) in [6.07, 6.45) is 2.07. The quantitative estimate of drug-likeness (QED) is 0.756. The van der Waals surface area contributed by atoms with Crippen molar-refractivity contribution in [3.8, 4) is 5.75 Å². The monoisotopic (exact) mass is 379 g/mol. The number of benzene rings is 1. The number of thiophene rings is 1. The minimum atomic E-state index is 0.132. The molecule has 3 rings (SSSR count). The van der Waals surface area contributed by atoms with Crippen LogP contribution in [0.15, 0.2) is 40.2 Å². The lowest BCUT2D eigenvalue weighted by Gasteiger charge is -2.24. The van der Waals surface area contributed by atoms with Crippen molar-refractivity contribution in [3.63, 3.8) is 0 Å². The van der Waals surface area contributed by atoms with Crippen LogP contribution in [0.1, 0.15) is 41.0 Å². The zero-order chi connectivity index (χ0) is 15.5. The number of carbonyl (C=O) groups excluding carboxylic acids is 1. The number of ether oxygens (including phenoxy) is 1. The molecule has 1 aromatic heterocycles. The van der Waals surface area contributed by atoms with Gasteiger partial charge >= 0.3 is 0 Å². The third-order valence-electron chi connectivity index (χ3n) is 3.87. The van der Waals surface area contributed by atoms with E-state index < -0.39 is 0 Å². The van der Waals surface area contributed by atoms with E-state index in [1.54, 1.807) is 0 Å². The van der Waals surface area contributed by atoms with E-state index in [9.17, 15) is 4.79 Å². The molecule has 0 aliphatic carbocycles. The summed E-state index contributed by atoms with van der Waals surface area (Å²) in [7, 11) is 0. The summed E-state index contributed by atoms with van der Waals surface area (Å²) in [6, 6.07) is 12.1. The largest absolute Gasteiger partial charge is 0.494 e. The predicted octanol–water partition coefficient (Wildman–Crippen LogP) is 4.89. The average Bonchev–Trinajstić information content (AvgIpc) is 3.16. The summed E-state index contributed by atoms with van der Waals surface area (Å²) >= 11 is 4.92. The Bertz CT molecular complexity index is 653. The second-order valence-electron chi connectivity index (χ2n) is 5.26. The van der Waals surface area contributed by atoms with Crippen LogP contribution in [0, 0.1) is 0 Å². The fourth-order valence-corrected chi connectivity index (χ4v) is 4.22. The average molecular weight is 380 g/mol. The lowest BCUT2D eigenvalue weighted by Crippen LogP contribution is -2.29. The summed E-state index contributed by atoms with van der Waals surface area (Å²) in [6.45, 7) is 3.47. The van der Waals surface area contributed by atoms with Crippen molar-refractivity contribution in [2.45, 2.75) is 25.8 Å². The first-order valence-electron chi connectivity index (χ1n) is 7.48. The molecule has 1 atom stereocenters. The van der Waals surface area contributed by atoms with Crippen molar-refractivity contribution in [2.75, 3.05) is 13.2 Å². The zero-order valence-corrected chi connectivity index (χ0v) is 14.8. The molecule has 1 amide bonds. The van der Waals surface area contributed by atoms with Gasteiger partial charge in [-0.15, -0.1) is 11.3 Å². The Labute approximate surface area is 143 Å². The van der Waals surface area contributed by atoms with Crippen molar-refractivity contribution in [1.29, 1.82) is 0 Å². The van der Waals surface area contributed by atoms with Gasteiger partial charge in [-0.3, -0.25) is 4.79 Å². The first-order valence-corrected chi connectivity index (χ1v) is 9.09. The van der Waals surface area contributed by atoms with Gasteiger partial charge in [-0.2, -0.15) is 0 Å². The molecule has 0 N–H and O–H groups in total. The Morgan fingerprint density at radius 2 is 2.09 bits per heavy atom. The molecule has 0 bridgehead atoms. The molecule has 2 aromatic rings. The minimum absolute atomic E-state index is 0.132. The Morgan fingerprint density at radius 3 is 2.73 bits per heavy atom. The van der Waals surface area contributed by atoms with Crippen molar-refractivity contribution < 1.29 is 9.53 Å². The highest BCUT2D eigenvalue weighted by Crippen LogP contribution is 2.35. The van der Waals surface area contributed by atoms with Gasteiger partial charge in [-0.05, 0) is 65.5 Å². The van der Waals surface area contributed by atoms with Crippen LogP contribution in [0.2, 0.25) is 0 Å². The molecule has 0 saturated carbocycles. The van der Waals surface area contributed by atoms with E-state index in [-0.39, 0.29) is 11.9 Å². The molecule has 116 valence electrons. The van der Waals surface area contributed by atoms with E-state index in [1.807, 2.05) is 36.1 Å². The second-order valence-corrected chi connectivity index (χ2v) is 7.73. The molecule has 1 aromatic carbocycles. The van der Waals surface area contributed by atoms with E-state index in [0.717, 1.165) is 33.8 Å². The Morgan fingerprint density at radius 1 is 1.32 bits per heavy atom. The maximum absolute atomic E-state index is 12.7. The first kappa shape index (κ1) is 15.6. The molecule has 1 saturated heterocycles. The van der Waals surface area contributed by atoms with E-state index in [2.05, 4.69) is 28.1 Å². The number of amides is 1. The van der Waals surface area contributed by atoms with Gasteiger partial charge in [0, 0.05) is 6.54 Å². The molecule has 22 heavy (non-hydrogen) atoms. The molecule has 1 aliphatic heterocycles. The lowest BCUT2D eigenvalue weighted by molar-refractivity contribution is 0.0740. The molecule has 1 aliphatic rings. The lowest BCUT2D eigenvalue weighted by atomic mass is 10.0. The van der Waals surface area contributed by atoms with Crippen LogP contribution in [-0.2, 0) is 0 Å². The molecule has 0 spiro atoms. The third-order valence-corrected chi connectivity index (χ3v) is 5.49. The number of nitrogens with zero attached hydrogens (tertiary/aromatic N) is 1. The molecule has 1 fully saturated rings. The molecule has 0 radical (unpaired) electrons. The van der Waals surface area contributed by atoms with Crippen molar-refractivity contribution >= 4 is 33.2 Å². The van der Waals surface area contributed by atoms with E-state index in [4.69, 9.17) is 4.74 Å². The number of likely N-dealkylation sites (tertiary alicyclic amines) is 1. The van der Waals surface area contributed by atoms with Gasteiger partial charge in [0.05, 0.1) is 21.3 Å². The molecular formula is C17H18BrNO2S. The van der Waals surface area contributed by atoms with Crippen LogP contribution >= 0.6 is 27.3 Å². The maximum atomic E-state index is 12.7. The number of rotatable bonds is 4. The van der Waals surface area contributed by atoms with Gasteiger partial charge in [0.1, 0.15) is 5.75 Å². The number of hydrogen-bond acceptors (Lipinski definition) is 3. The predicted molar refractivity (Wildman–Crippen MR) is 92.6 cm³/mol. The summed E-state index contributed by atoms with van der Waals surface area (Å²) in [5, 5.41) is 0. The van der Waals surface area contributed by atoms with Gasteiger partial charge in [0.2, 0.25) is 0 Å². The first-order chi connectivity index (χ1) is 10.7. The van der Waals surface area contributed by atoms with Gasteiger partial charge in [-0.25, -0.2) is 0 Å². The Hall–Kier alpha value is -1.33. The highest BCUT2D eigenvalue weighted by atomic mass is 79.9. The number of hydrogen-bond donors (Lipinski definition) is 0. The fourth-order valence-electron chi connectivity index (χ4n) is 2.88. The molecule has 2 heterocycles. The third kappa shape index (κ3) is 3.20. The standard InChI is InChI=1S/C17H18BrNO2S/c1-2-21-13-7-5-12(6-8-13)14-4-3-11-19(14)17(20)15-9-10-16(18)22-15/h5-10,14H,2-4,11H2,1H3/t14-/m1/s1. The topological polar surface area (TPSA) is 29.5 Å². The van der Waals surface area contributed by atoms with Crippen molar-refractivity contribution in [2.24, 2.45) is 0 Å². The summed E-state index contributed by atoms with van der Waals surface area (Å²) in [5.41, 5.74) is 1.19. The zero-order valence-electron chi connectivity index (χ0n) is 12.4. The van der Waals surface area contributed by atoms with Crippen molar-refractivity contribution in [1.82, 2.24) is 4.90 Å². The number of halogens is 1. The Balaban J connectivity index is 1.79. The fraction of sp³-hybridized carbons (Fsp3) is 0.353. The van der Waals surface area contributed by atoms with Crippen LogP contribution < -0.4 is 4.74 Å². The Kier molecular flexibility index (Phi) is 4.84. The summed E-state index contributed by atoms with van der Waals surface area (Å²) in [4.78, 5) is 15.5. The van der Waals surface area contributed by atoms with Crippen LogP contribution in [0.25, 0.3) is 0 Å². The van der Waals surface area contributed by atoms with E-state index in [1.165, 1.54) is 16.9 Å². The van der Waals surface area contributed by atoms with Gasteiger partial charge in [-0.1, -0.05) is 12.1 Å².